The van der Waals surface area contributed by atoms with Crippen LogP contribution in [-0.4, -0.2) is 48.7 Å². The van der Waals surface area contributed by atoms with Crippen molar-refractivity contribution in [2.75, 3.05) is 26.7 Å². The molecular formula is C17H22N2O2. The van der Waals surface area contributed by atoms with Gasteiger partial charge in [0.15, 0.2) is 0 Å². The first-order valence-electron chi connectivity index (χ1n) is 7.30. The van der Waals surface area contributed by atoms with E-state index in [1.54, 1.807) is 0 Å². The molecule has 0 spiro atoms. The molecule has 1 aliphatic rings. The van der Waals surface area contributed by atoms with Crippen molar-refractivity contribution < 1.29 is 9.90 Å². The molecule has 1 atom stereocenters. The summed E-state index contributed by atoms with van der Waals surface area (Å²) in [5.74, 6) is 5.88. The van der Waals surface area contributed by atoms with Crippen LogP contribution in [0.4, 0.5) is 0 Å². The lowest BCUT2D eigenvalue weighted by atomic mass is 10.0. The zero-order chi connectivity index (χ0) is 15.2. The molecule has 2 N–H and O–H groups in total. The van der Waals surface area contributed by atoms with Crippen LogP contribution in [0.2, 0.25) is 0 Å². The fourth-order valence-corrected chi connectivity index (χ4v) is 2.55. The molecule has 0 saturated carbocycles. The molecule has 1 fully saturated rings. The van der Waals surface area contributed by atoms with E-state index in [0.29, 0.717) is 12.0 Å². The van der Waals surface area contributed by atoms with E-state index < -0.39 is 0 Å². The Morgan fingerprint density at radius 1 is 1.52 bits per heavy atom. The molecule has 1 unspecified atom stereocenters. The smallest absolute Gasteiger partial charge is 0.251 e. The maximum absolute atomic E-state index is 12.4. The topological polar surface area (TPSA) is 52.6 Å². The molecule has 1 aliphatic heterocycles. The first-order chi connectivity index (χ1) is 10.1. The van der Waals surface area contributed by atoms with Crippen LogP contribution in [0.1, 0.15) is 34.3 Å². The molecule has 0 bridgehead atoms. The molecule has 0 aliphatic carbocycles. The van der Waals surface area contributed by atoms with Crippen LogP contribution >= 0.6 is 0 Å². The summed E-state index contributed by atoms with van der Waals surface area (Å²) < 4.78 is 0. The molecule has 1 heterocycles. The van der Waals surface area contributed by atoms with Crippen LogP contribution in [0.5, 0.6) is 0 Å². The summed E-state index contributed by atoms with van der Waals surface area (Å²) in [5.41, 5.74) is 2.42. The van der Waals surface area contributed by atoms with Crippen molar-refractivity contribution in [3.05, 3.63) is 34.9 Å². The summed E-state index contributed by atoms with van der Waals surface area (Å²) in [4.78, 5) is 14.6. The van der Waals surface area contributed by atoms with E-state index in [9.17, 15) is 4.79 Å². The van der Waals surface area contributed by atoms with E-state index in [0.717, 1.165) is 30.6 Å². The monoisotopic (exact) mass is 286 g/mol. The van der Waals surface area contributed by atoms with Crippen molar-refractivity contribution in [1.82, 2.24) is 10.2 Å². The number of rotatable bonds is 3. The fraction of sp³-hybridized carbons (Fsp3) is 0.471. The second kappa shape index (κ2) is 7.26. The van der Waals surface area contributed by atoms with Gasteiger partial charge >= 0.3 is 0 Å². The number of benzene rings is 1. The highest BCUT2D eigenvalue weighted by atomic mass is 16.2. The molecule has 4 heteroatoms. The fourth-order valence-electron chi connectivity index (χ4n) is 2.55. The van der Waals surface area contributed by atoms with E-state index in [-0.39, 0.29) is 18.6 Å². The maximum atomic E-state index is 12.4. The average Bonchev–Trinajstić information content (AvgIpc) is 2.86. The number of nitrogens with zero attached hydrogens (tertiary/aromatic N) is 1. The van der Waals surface area contributed by atoms with E-state index in [2.05, 4.69) is 29.1 Å². The highest BCUT2D eigenvalue weighted by Gasteiger charge is 2.22. The predicted molar refractivity (Wildman–Crippen MR) is 83.1 cm³/mol. The van der Waals surface area contributed by atoms with Crippen LogP contribution in [0.25, 0.3) is 0 Å². The van der Waals surface area contributed by atoms with Crippen LogP contribution in [0, 0.1) is 18.8 Å². The van der Waals surface area contributed by atoms with Crippen molar-refractivity contribution in [3.8, 4) is 11.8 Å². The lowest BCUT2D eigenvalue weighted by Gasteiger charge is -2.14. The van der Waals surface area contributed by atoms with Crippen molar-refractivity contribution in [3.63, 3.8) is 0 Å². The number of carbonyl (C=O) groups excluding carboxylic acids is 1. The SMILES string of the molecule is Cc1c(C#CCCO)cccc1C(=O)NC1CCN(C)C1. The maximum Gasteiger partial charge on any atom is 0.251 e. The predicted octanol–water partition coefficient (Wildman–Crippen LogP) is 1.16. The first kappa shape index (κ1) is 15.6. The summed E-state index contributed by atoms with van der Waals surface area (Å²) in [6.45, 7) is 3.90. The Kier molecular flexibility index (Phi) is 5.38. The number of hydrogen-bond donors (Lipinski definition) is 2. The highest BCUT2D eigenvalue weighted by Crippen LogP contribution is 2.14. The number of aliphatic hydroxyl groups is 1. The van der Waals surface area contributed by atoms with Crippen LogP contribution in [-0.2, 0) is 0 Å². The number of nitrogens with one attached hydrogen (secondary N) is 1. The average molecular weight is 286 g/mol. The third-order valence-corrected chi connectivity index (χ3v) is 3.76. The standard InChI is InChI=1S/C17H22N2O2/c1-13-14(6-3-4-11-20)7-5-8-16(13)17(21)18-15-9-10-19(2)12-15/h5,7-8,15,20H,4,9-12H2,1-2H3,(H,18,21). The molecule has 1 saturated heterocycles. The van der Waals surface area contributed by atoms with Gasteiger partial charge in [0.25, 0.3) is 5.91 Å². The molecular weight excluding hydrogens is 264 g/mol. The van der Waals surface area contributed by atoms with Crippen LogP contribution < -0.4 is 5.32 Å². The Bertz CT molecular complexity index is 572. The largest absolute Gasteiger partial charge is 0.395 e. The van der Waals surface area contributed by atoms with Gasteiger partial charge < -0.3 is 15.3 Å². The second-order valence-corrected chi connectivity index (χ2v) is 5.47. The van der Waals surface area contributed by atoms with Gasteiger partial charge in [-0.3, -0.25) is 4.79 Å². The van der Waals surface area contributed by atoms with Gasteiger partial charge in [-0.25, -0.2) is 0 Å². The van der Waals surface area contributed by atoms with Gasteiger partial charge in [0.05, 0.1) is 6.61 Å². The molecule has 1 amide bonds. The second-order valence-electron chi connectivity index (χ2n) is 5.47. The van der Waals surface area contributed by atoms with Gasteiger partial charge in [0.2, 0.25) is 0 Å². The van der Waals surface area contributed by atoms with E-state index >= 15 is 0 Å². The lowest BCUT2D eigenvalue weighted by Crippen LogP contribution is -2.36. The number of likely N-dealkylation sites (N-methyl/N-ethyl adjacent to an activating group) is 1. The number of carbonyl (C=O) groups is 1. The number of hydrogen-bond acceptors (Lipinski definition) is 3. The Hall–Kier alpha value is -1.83. The Morgan fingerprint density at radius 2 is 2.33 bits per heavy atom. The summed E-state index contributed by atoms with van der Waals surface area (Å²) in [7, 11) is 2.06. The number of aliphatic hydroxyl groups excluding tert-OH is 1. The van der Waals surface area contributed by atoms with Gasteiger partial charge in [-0.15, -0.1) is 0 Å². The summed E-state index contributed by atoms with van der Waals surface area (Å²) in [6, 6.07) is 5.82. The van der Waals surface area contributed by atoms with E-state index in [1.807, 2.05) is 25.1 Å². The van der Waals surface area contributed by atoms with Crippen molar-refractivity contribution >= 4 is 5.91 Å². The minimum atomic E-state index is -0.0291. The van der Waals surface area contributed by atoms with E-state index in [1.165, 1.54) is 0 Å². The van der Waals surface area contributed by atoms with Crippen LogP contribution in [0.15, 0.2) is 18.2 Å². The van der Waals surface area contributed by atoms with Crippen molar-refractivity contribution in [2.45, 2.75) is 25.8 Å². The molecule has 2 rings (SSSR count). The molecule has 1 aromatic rings. The molecule has 4 nitrogen and oxygen atoms in total. The summed E-state index contributed by atoms with van der Waals surface area (Å²) >= 11 is 0. The van der Waals surface area contributed by atoms with Gasteiger partial charge in [-0.05, 0) is 44.6 Å². The molecule has 0 aromatic heterocycles. The Balaban J connectivity index is 2.11. The van der Waals surface area contributed by atoms with Crippen LogP contribution in [0.3, 0.4) is 0 Å². The summed E-state index contributed by atoms with van der Waals surface area (Å²) in [6.07, 6.45) is 1.45. The number of likely N-dealkylation sites (tertiary alicyclic amines) is 1. The Labute approximate surface area is 126 Å². The van der Waals surface area contributed by atoms with Gasteiger partial charge in [0, 0.05) is 30.1 Å². The third-order valence-electron chi connectivity index (χ3n) is 3.76. The molecule has 1 aromatic carbocycles. The molecule has 112 valence electrons. The van der Waals surface area contributed by atoms with Crippen molar-refractivity contribution in [1.29, 1.82) is 0 Å². The van der Waals surface area contributed by atoms with Crippen molar-refractivity contribution in [2.24, 2.45) is 0 Å². The zero-order valence-electron chi connectivity index (χ0n) is 12.6. The van der Waals surface area contributed by atoms with E-state index in [4.69, 9.17) is 5.11 Å². The lowest BCUT2D eigenvalue weighted by molar-refractivity contribution is 0.0937. The highest BCUT2D eigenvalue weighted by molar-refractivity contribution is 5.96. The first-order valence-corrected chi connectivity index (χ1v) is 7.30. The molecule has 0 radical (unpaired) electrons. The quantitative estimate of drug-likeness (QED) is 0.820. The number of amides is 1. The molecule has 21 heavy (non-hydrogen) atoms. The zero-order valence-corrected chi connectivity index (χ0v) is 12.6. The van der Waals surface area contributed by atoms with Gasteiger partial charge in [-0.2, -0.15) is 0 Å². The third kappa shape index (κ3) is 4.07. The minimum Gasteiger partial charge on any atom is -0.395 e. The van der Waals surface area contributed by atoms with Gasteiger partial charge in [0.1, 0.15) is 0 Å². The summed E-state index contributed by atoms with van der Waals surface area (Å²) in [5, 5.41) is 11.9. The van der Waals surface area contributed by atoms with Gasteiger partial charge in [-0.1, -0.05) is 17.9 Å². The Morgan fingerprint density at radius 3 is 3.00 bits per heavy atom. The minimum absolute atomic E-state index is 0.0291. The normalized spacial score (nSPS) is 18.1.